The number of aromatic nitrogens is 1. The number of ether oxygens (including phenoxy) is 2. The lowest BCUT2D eigenvalue weighted by molar-refractivity contribution is -0.123. The molecule has 3 aromatic rings. The number of benzene rings is 1. The molecule has 0 atom stereocenters. The van der Waals surface area contributed by atoms with Gasteiger partial charge in [0.05, 0.1) is 25.7 Å². The van der Waals surface area contributed by atoms with Crippen molar-refractivity contribution in [3.05, 3.63) is 76.8 Å². The number of nitrogens with zero attached hydrogens (tertiary/aromatic N) is 2. The van der Waals surface area contributed by atoms with Gasteiger partial charge in [0.1, 0.15) is 11.5 Å². The van der Waals surface area contributed by atoms with Gasteiger partial charge in [0, 0.05) is 17.6 Å². The number of hydrogen-bond donors (Lipinski definition) is 0. The number of esters is 1. The second-order valence-electron chi connectivity index (χ2n) is 6.53. The molecule has 4 rings (SSSR count). The molecular weight excluding hydrogens is 420 g/mol. The standard InChI is InChI=1S/C22H18N2O6S/c1-28-16-7-5-14(6-8-16)23-11-3-4-15(23)12-19-20(25)24(22(27)31-19)13-17-9-10-18(30-17)21(26)29-2/h3-12H,13H2,1-2H3. The maximum atomic E-state index is 12.8. The van der Waals surface area contributed by atoms with Gasteiger partial charge in [0.15, 0.2) is 0 Å². The summed E-state index contributed by atoms with van der Waals surface area (Å²) in [4.78, 5) is 38.2. The van der Waals surface area contributed by atoms with E-state index in [-0.39, 0.29) is 12.3 Å². The molecule has 0 bridgehead atoms. The van der Waals surface area contributed by atoms with E-state index in [0.717, 1.165) is 33.8 Å². The third kappa shape index (κ3) is 4.13. The minimum absolute atomic E-state index is 0.0114. The SMILES string of the molecule is COC(=O)c1ccc(CN2C(=O)SC(=Cc3cccn3-c3ccc(OC)cc3)C2=O)o1. The molecule has 1 fully saturated rings. The van der Waals surface area contributed by atoms with E-state index in [1.807, 2.05) is 47.2 Å². The largest absolute Gasteiger partial charge is 0.497 e. The first-order chi connectivity index (χ1) is 15.0. The second kappa shape index (κ2) is 8.57. The fourth-order valence-electron chi connectivity index (χ4n) is 3.09. The monoisotopic (exact) mass is 438 g/mol. The summed E-state index contributed by atoms with van der Waals surface area (Å²) in [6.45, 7) is -0.0709. The van der Waals surface area contributed by atoms with Crippen LogP contribution in [0.25, 0.3) is 11.8 Å². The van der Waals surface area contributed by atoms with Crippen LogP contribution in [-0.2, 0) is 16.1 Å². The zero-order valence-electron chi connectivity index (χ0n) is 16.7. The molecule has 0 spiro atoms. The number of thioether (sulfide) groups is 1. The van der Waals surface area contributed by atoms with Crippen molar-refractivity contribution in [3.63, 3.8) is 0 Å². The van der Waals surface area contributed by atoms with Crippen LogP contribution in [0, 0.1) is 0 Å². The molecule has 0 aliphatic carbocycles. The van der Waals surface area contributed by atoms with Crippen LogP contribution < -0.4 is 4.74 Å². The van der Waals surface area contributed by atoms with Crippen molar-refractivity contribution >= 4 is 35.0 Å². The zero-order chi connectivity index (χ0) is 22.0. The average Bonchev–Trinajstić information content (AvgIpc) is 3.50. The number of imide groups is 1. The van der Waals surface area contributed by atoms with E-state index >= 15 is 0 Å². The molecule has 8 nitrogen and oxygen atoms in total. The molecule has 0 N–H and O–H groups in total. The van der Waals surface area contributed by atoms with E-state index in [1.165, 1.54) is 19.2 Å². The Labute approximate surface area is 182 Å². The maximum Gasteiger partial charge on any atom is 0.373 e. The van der Waals surface area contributed by atoms with Crippen molar-refractivity contribution in [1.29, 1.82) is 0 Å². The summed E-state index contributed by atoms with van der Waals surface area (Å²) in [5, 5.41) is -0.408. The van der Waals surface area contributed by atoms with Gasteiger partial charge in [-0.3, -0.25) is 14.5 Å². The van der Waals surface area contributed by atoms with Crippen molar-refractivity contribution in [2.75, 3.05) is 14.2 Å². The van der Waals surface area contributed by atoms with Crippen molar-refractivity contribution in [2.45, 2.75) is 6.54 Å². The summed E-state index contributed by atoms with van der Waals surface area (Å²) in [7, 11) is 2.85. The van der Waals surface area contributed by atoms with Gasteiger partial charge in [-0.05, 0) is 66.4 Å². The van der Waals surface area contributed by atoms with Crippen molar-refractivity contribution in [2.24, 2.45) is 0 Å². The van der Waals surface area contributed by atoms with Crippen LogP contribution in [0.2, 0.25) is 0 Å². The summed E-state index contributed by atoms with van der Waals surface area (Å²) in [5.41, 5.74) is 1.64. The Hall–Kier alpha value is -3.72. The Morgan fingerprint density at radius 2 is 1.87 bits per heavy atom. The molecule has 2 amide bonds. The van der Waals surface area contributed by atoms with Gasteiger partial charge in [-0.1, -0.05) is 0 Å². The lowest BCUT2D eigenvalue weighted by Crippen LogP contribution is -2.27. The van der Waals surface area contributed by atoms with E-state index in [9.17, 15) is 14.4 Å². The van der Waals surface area contributed by atoms with Crippen molar-refractivity contribution < 1.29 is 28.3 Å². The molecule has 31 heavy (non-hydrogen) atoms. The molecule has 0 saturated carbocycles. The lowest BCUT2D eigenvalue weighted by atomic mass is 10.2. The van der Waals surface area contributed by atoms with Crippen LogP contribution in [0.4, 0.5) is 4.79 Å². The van der Waals surface area contributed by atoms with Crippen molar-refractivity contribution in [1.82, 2.24) is 9.47 Å². The molecule has 158 valence electrons. The normalized spacial score (nSPS) is 15.0. The molecule has 1 aliphatic heterocycles. The summed E-state index contributed by atoms with van der Waals surface area (Å²) in [6.07, 6.45) is 3.55. The minimum atomic E-state index is -0.625. The summed E-state index contributed by atoms with van der Waals surface area (Å²) in [6, 6.07) is 14.2. The molecule has 1 aromatic carbocycles. The second-order valence-corrected chi connectivity index (χ2v) is 7.52. The molecular formula is C22H18N2O6S. The van der Waals surface area contributed by atoms with Crippen molar-refractivity contribution in [3.8, 4) is 11.4 Å². The first-order valence-electron chi connectivity index (χ1n) is 9.24. The van der Waals surface area contributed by atoms with Gasteiger partial charge in [0.2, 0.25) is 5.76 Å². The number of methoxy groups -OCH3 is 2. The van der Waals surface area contributed by atoms with Gasteiger partial charge in [-0.15, -0.1) is 0 Å². The number of rotatable bonds is 6. The summed E-state index contributed by atoms with van der Waals surface area (Å²) < 4.78 is 17.1. The Bertz CT molecular complexity index is 1170. The quantitative estimate of drug-likeness (QED) is 0.423. The lowest BCUT2D eigenvalue weighted by Gasteiger charge is -2.10. The Balaban J connectivity index is 1.54. The highest BCUT2D eigenvalue weighted by molar-refractivity contribution is 8.18. The molecule has 3 heterocycles. The number of amides is 2. The predicted molar refractivity (Wildman–Crippen MR) is 114 cm³/mol. The molecule has 1 saturated heterocycles. The van der Waals surface area contributed by atoms with Crippen LogP contribution in [-0.4, -0.2) is 40.8 Å². The van der Waals surface area contributed by atoms with Gasteiger partial charge < -0.3 is 18.5 Å². The molecule has 0 unspecified atom stereocenters. The smallest absolute Gasteiger partial charge is 0.373 e. The number of carbonyl (C=O) groups excluding carboxylic acids is 3. The number of hydrogen-bond acceptors (Lipinski definition) is 7. The van der Waals surface area contributed by atoms with Crippen LogP contribution in [0.3, 0.4) is 0 Å². The fraction of sp³-hybridized carbons (Fsp3) is 0.136. The van der Waals surface area contributed by atoms with Crippen LogP contribution in [0.1, 0.15) is 22.0 Å². The van der Waals surface area contributed by atoms with Gasteiger partial charge in [0.25, 0.3) is 11.1 Å². The Morgan fingerprint density at radius 3 is 2.58 bits per heavy atom. The van der Waals surface area contributed by atoms with Gasteiger partial charge >= 0.3 is 5.97 Å². The van der Waals surface area contributed by atoms with E-state index in [1.54, 1.807) is 13.2 Å². The van der Waals surface area contributed by atoms with E-state index in [4.69, 9.17) is 9.15 Å². The molecule has 0 radical (unpaired) electrons. The van der Waals surface area contributed by atoms with E-state index in [2.05, 4.69) is 4.74 Å². The summed E-state index contributed by atoms with van der Waals surface area (Å²) >= 11 is 0.859. The highest BCUT2D eigenvalue weighted by atomic mass is 32.2. The van der Waals surface area contributed by atoms with E-state index < -0.39 is 17.1 Å². The highest BCUT2D eigenvalue weighted by Crippen LogP contribution is 2.34. The van der Waals surface area contributed by atoms with Crippen LogP contribution in [0.15, 0.2) is 64.1 Å². The fourth-order valence-corrected chi connectivity index (χ4v) is 3.91. The van der Waals surface area contributed by atoms with E-state index in [0.29, 0.717) is 10.7 Å². The number of furan rings is 1. The summed E-state index contributed by atoms with van der Waals surface area (Å²) in [5.74, 6) is 0.0165. The average molecular weight is 438 g/mol. The minimum Gasteiger partial charge on any atom is -0.497 e. The topological polar surface area (TPSA) is 91.0 Å². The Morgan fingerprint density at radius 1 is 1.10 bits per heavy atom. The van der Waals surface area contributed by atoms with Gasteiger partial charge in [-0.2, -0.15) is 0 Å². The zero-order valence-corrected chi connectivity index (χ0v) is 17.5. The first kappa shape index (κ1) is 20.5. The first-order valence-corrected chi connectivity index (χ1v) is 10.1. The Kier molecular flexibility index (Phi) is 5.68. The van der Waals surface area contributed by atoms with Crippen LogP contribution >= 0.6 is 11.8 Å². The molecule has 9 heteroatoms. The third-order valence-corrected chi connectivity index (χ3v) is 5.55. The third-order valence-electron chi connectivity index (χ3n) is 4.65. The van der Waals surface area contributed by atoms with Crippen LogP contribution in [0.5, 0.6) is 5.75 Å². The predicted octanol–water partition coefficient (Wildman–Crippen LogP) is 4.10. The van der Waals surface area contributed by atoms with Gasteiger partial charge in [-0.25, -0.2) is 4.79 Å². The maximum absolute atomic E-state index is 12.8. The molecule has 1 aliphatic rings. The molecule has 2 aromatic heterocycles. The number of carbonyl (C=O) groups is 3. The highest BCUT2D eigenvalue weighted by Gasteiger charge is 2.36.